The molecule has 8 heteroatoms. The fourth-order valence-electron chi connectivity index (χ4n) is 1.98. The SMILES string of the molecule is Cc1cccc(OCC(=O)N/N=C/c2ccc(Br)c([N+](=O)[O-])c2)c1C. The van der Waals surface area contributed by atoms with Crippen molar-refractivity contribution in [1.82, 2.24) is 5.43 Å². The van der Waals surface area contributed by atoms with E-state index in [-0.39, 0.29) is 12.3 Å². The Morgan fingerprint density at radius 2 is 2.12 bits per heavy atom. The number of benzene rings is 2. The van der Waals surface area contributed by atoms with E-state index in [2.05, 4.69) is 26.5 Å². The van der Waals surface area contributed by atoms with Crippen LogP contribution in [0.4, 0.5) is 5.69 Å². The van der Waals surface area contributed by atoms with Gasteiger partial charge in [0.2, 0.25) is 0 Å². The monoisotopic (exact) mass is 405 g/mol. The van der Waals surface area contributed by atoms with Crippen LogP contribution >= 0.6 is 15.9 Å². The van der Waals surface area contributed by atoms with Gasteiger partial charge in [-0.15, -0.1) is 0 Å². The maximum atomic E-state index is 11.8. The lowest BCUT2D eigenvalue weighted by Crippen LogP contribution is -2.24. The van der Waals surface area contributed by atoms with E-state index in [0.29, 0.717) is 15.8 Å². The smallest absolute Gasteiger partial charge is 0.284 e. The number of carbonyl (C=O) groups is 1. The Morgan fingerprint density at radius 1 is 1.36 bits per heavy atom. The molecule has 0 aromatic heterocycles. The number of amides is 1. The predicted molar refractivity (Wildman–Crippen MR) is 97.9 cm³/mol. The van der Waals surface area contributed by atoms with Crippen LogP contribution in [0.2, 0.25) is 0 Å². The summed E-state index contributed by atoms with van der Waals surface area (Å²) in [4.78, 5) is 22.1. The van der Waals surface area contributed by atoms with E-state index >= 15 is 0 Å². The summed E-state index contributed by atoms with van der Waals surface area (Å²) in [5, 5.41) is 14.7. The largest absolute Gasteiger partial charge is 0.483 e. The van der Waals surface area contributed by atoms with E-state index in [4.69, 9.17) is 4.74 Å². The molecule has 0 aliphatic heterocycles. The van der Waals surface area contributed by atoms with Crippen LogP contribution in [-0.2, 0) is 4.79 Å². The van der Waals surface area contributed by atoms with Crippen LogP contribution in [0.25, 0.3) is 0 Å². The van der Waals surface area contributed by atoms with Gasteiger partial charge < -0.3 is 4.74 Å². The normalized spacial score (nSPS) is 10.7. The van der Waals surface area contributed by atoms with Gasteiger partial charge in [0.05, 0.1) is 15.6 Å². The Hall–Kier alpha value is -2.74. The number of nitrogens with one attached hydrogen (secondary N) is 1. The van der Waals surface area contributed by atoms with Crippen LogP contribution in [0.1, 0.15) is 16.7 Å². The number of rotatable bonds is 6. The van der Waals surface area contributed by atoms with Crippen molar-refractivity contribution < 1.29 is 14.5 Å². The molecule has 25 heavy (non-hydrogen) atoms. The molecule has 130 valence electrons. The Morgan fingerprint density at radius 3 is 2.84 bits per heavy atom. The minimum atomic E-state index is -0.502. The number of carbonyl (C=O) groups excluding carboxylic acids is 1. The molecule has 1 amide bonds. The third kappa shape index (κ3) is 5.12. The molecule has 7 nitrogen and oxygen atoms in total. The summed E-state index contributed by atoms with van der Waals surface area (Å²) in [6.45, 7) is 3.70. The number of hydrogen-bond acceptors (Lipinski definition) is 5. The van der Waals surface area contributed by atoms with Crippen molar-refractivity contribution in [2.75, 3.05) is 6.61 Å². The van der Waals surface area contributed by atoms with E-state index in [0.717, 1.165) is 11.1 Å². The third-order valence-electron chi connectivity index (χ3n) is 3.48. The summed E-state index contributed by atoms with van der Waals surface area (Å²) >= 11 is 3.10. The van der Waals surface area contributed by atoms with E-state index in [9.17, 15) is 14.9 Å². The van der Waals surface area contributed by atoms with Crippen LogP contribution in [0.15, 0.2) is 46.0 Å². The van der Waals surface area contributed by atoms with Gasteiger partial charge in [-0.2, -0.15) is 5.10 Å². The van der Waals surface area contributed by atoms with Crippen molar-refractivity contribution in [1.29, 1.82) is 0 Å². The topological polar surface area (TPSA) is 93.8 Å². The minimum absolute atomic E-state index is 0.0754. The molecule has 0 unspecified atom stereocenters. The van der Waals surface area contributed by atoms with Crippen LogP contribution in [-0.4, -0.2) is 23.7 Å². The van der Waals surface area contributed by atoms with Crippen LogP contribution < -0.4 is 10.2 Å². The van der Waals surface area contributed by atoms with Crippen LogP contribution in [0.3, 0.4) is 0 Å². The molecular formula is C17H16BrN3O4. The van der Waals surface area contributed by atoms with Gasteiger partial charge in [-0.25, -0.2) is 5.43 Å². The van der Waals surface area contributed by atoms with Gasteiger partial charge in [0, 0.05) is 11.6 Å². The number of halogens is 1. The first kappa shape index (κ1) is 18.6. The molecule has 0 bridgehead atoms. The summed E-state index contributed by atoms with van der Waals surface area (Å²) in [7, 11) is 0. The molecule has 0 saturated carbocycles. The molecule has 0 aliphatic carbocycles. The maximum Gasteiger partial charge on any atom is 0.284 e. The molecule has 0 fully saturated rings. The molecule has 0 saturated heterocycles. The lowest BCUT2D eigenvalue weighted by atomic mass is 10.1. The van der Waals surface area contributed by atoms with Crippen molar-refractivity contribution in [3.8, 4) is 5.75 Å². The molecule has 2 aromatic rings. The van der Waals surface area contributed by atoms with Gasteiger partial charge in [0.1, 0.15) is 5.75 Å². The van der Waals surface area contributed by atoms with Gasteiger partial charge in [-0.1, -0.05) is 18.2 Å². The average molecular weight is 406 g/mol. The number of nitro benzene ring substituents is 1. The average Bonchev–Trinajstić information content (AvgIpc) is 2.57. The number of aryl methyl sites for hydroxylation is 1. The molecule has 0 heterocycles. The lowest BCUT2D eigenvalue weighted by Gasteiger charge is -2.09. The molecule has 2 aromatic carbocycles. The minimum Gasteiger partial charge on any atom is -0.483 e. The molecular weight excluding hydrogens is 390 g/mol. The molecule has 0 spiro atoms. The van der Waals surface area contributed by atoms with E-state index in [1.54, 1.807) is 18.2 Å². The lowest BCUT2D eigenvalue weighted by molar-refractivity contribution is -0.385. The highest BCUT2D eigenvalue weighted by Crippen LogP contribution is 2.25. The molecule has 0 atom stereocenters. The van der Waals surface area contributed by atoms with Gasteiger partial charge in [-0.05, 0) is 53.0 Å². The van der Waals surface area contributed by atoms with E-state index in [1.807, 2.05) is 26.0 Å². The second-order valence-electron chi connectivity index (χ2n) is 5.25. The van der Waals surface area contributed by atoms with Crippen molar-refractivity contribution >= 4 is 33.7 Å². The van der Waals surface area contributed by atoms with Gasteiger partial charge >= 0.3 is 0 Å². The first-order chi connectivity index (χ1) is 11.9. The highest BCUT2D eigenvalue weighted by Gasteiger charge is 2.11. The van der Waals surface area contributed by atoms with Crippen LogP contribution in [0, 0.1) is 24.0 Å². The summed E-state index contributed by atoms with van der Waals surface area (Å²) < 4.78 is 5.84. The zero-order valence-corrected chi connectivity index (χ0v) is 15.2. The van der Waals surface area contributed by atoms with Crippen molar-refractivity contribution in [2.45, 2.75) is 13.8 Å². The second-order valence-corrected chi connectivity index (χ2v) is 6.10. The first-order valence-corrected chi connectivity index (χ1v) is 8.12. The van der Waals surface area contributed by atoms with Crippen molar-refractivity contribution in [2.24, 2.45) is 5.10 Å². The Bertz CT molecular complexity index is 837. The highest BCUT2D eigenvalue weighted by molar-refractivity contribution is 9.10. The van der Waals surface area contributed by atoms with Gasteiger partial charge in [0.25, 0.3) is 11.6 Å². The molecule has 0 aliphatic rings. The number of hydrazone groups is 1. The predicted octanol–water partition coefficient (Wildman–Crippen LogP) is 3.50. The first-order valence-electron chi connectivity index (χ1n) is 7.33. The maximum absolute atomic E-state index is 11.8. The molecule has 1 N–H and O–H groups in total. The number of nitro groups is 1. The summed E-state index contributed by atoms with van der Waals surface area (Å²) in [5.41, 5.74) is 4.79. The van der Waals surface area contributed by atoms with E-state index in [1.165, 1.54) is 12.3 Å². The zero-order valence-electron chi connectivity index (χ0n) is 13.7. The Balaban J connectivity index is 1.91. The number of nitrogens with zero attached hydrogens (tertiary/aromatic N) is 2. The number of ether oxygens (including phenoxy) is 1. The quantitative estimate of drug-likeness (QED) is 0.451. The van der Waals surface area contributed by atoms with E-state index < -0.39 is 10.8 Å². The van der Waals surface area contributed by atoms with Gasteiger partial charge in [-0.3, -0.25) is 14.9 Å². The summed E-state index contributed by atoms with van der Waals surface area (Å²) in [6.07, 6.45) is 1.33. The van der Waals surface area contributed by atoms with Crippen molar-refractivity contribution in [3.63, 3.8) is 0 Å². The highest BCUT2D eigenvalue weighted by atomic mass is 79.9. The summed E-state index contributed by atoms with van der Waals surface area (Å²) in [5.74, 6) is 0.214. The third-order valence-corrected chi connectivity index (χ3v) is 4.15. The second kappa shape index (κ2) is 8.39. The Kier molecular flexibility index (Phi) is 6.24. The summed E-state index contributed by atoms with van der Waals surface area (Å²) in [6, 6.07) is 10.1. The zero-order chi connectivity index (χ0) is 18.4. The molecule has 2 rings (SSSR count). The number of hydrogen-bond donors (Lipinski definition) is 1. The fourth-order valence-corrected chi connectivity index (χ4v) is 2.38. The Labute approximate surface area is 153 Å². The van der Waals surface area contributed by atoms with Crippen LogP contribution in [0.5, 0.6) is 5.75 Å². The van der Waals surface area contributed by atoms with Crippen molar-refractivity contribution in [3.05, 3.63) is 67.7 Å². The van der Waals surface area contributed by atoms with Gasteiger partial charge in [0.15, 0.2) is 6.61 Å². The fraction of sp³-hybridized carbons (Fsp3) is 0.176. The standard InChI is InChI=1S/C17H16BrN3O4/c1-11-4-3-5-16(12(11)2)25-10-17(22)20-19-9-13-6-7-14(18)15(8-13)21(23)24/h3-9H,10H2,1-2H3,(H,20,22)/b19-9+. The molecule has 0 radical (unpaired) electrons.